The Bertz CT molecular complexity index is 1630. The van der Waals surface area contributed by atoms with Gasteiger partial charge in [-0.2, -0.15) is 0 Å². The largest absolute Gasteiger partial charge is 0.311 e. The van der Waals surface area contributed by atoms with Crippen molar-refractivity contribution in [1.29, 1.82) is 0 Å². The molecule has 0 spiro atoms. The highest BCUT2D eigenvalue weighted by molar-refractivity contribution is 5.83. The van der Waals surface area contributed by atoms with E-state index in [1.807, 2.05) is 84.9 Å². The minimum absolute atomic E-state index is 0.648. The molecule has 6 rings (SSSR count). The number of anilines is 6. The lowest BCUT2D eigenvalue weighted by Crippen LogP contribution is -2.10. The molecular weight excluding hydrogens is 516 g/mol. The summed E-state index contributed by atoms with van der Waals surface area (Å²) >= 11 is 0. The van der Waals surface area contributed by atoms with E-state index in [-0.39, 0.29) is 0 Å². The van der Waals surface area contributed by atoms with E-state index in [4.69, 9.17) is 0 Å². The SMILES string of the molecule is O=Cc1ccc(N(c2ccccc2)c2ccc(-c3ccc(N(c4ccccc4)c4ccc(C=O)cc4)cc3)cc2)cc1. The van der Waals surface area contributed by atoms with Crippen LogP contribution in [0.4, 0.5) is 34.1 Å². The van der Waals surface area contributed by atoms with E-state index in [1.165, 1.54) is 0 Å². The van der Waals surface area contributed by atoms with Crippen LogP contribution in [0.2, 0.25) is 0 Å². The van der Waals surface area contributed by atoms with Crippen molar-refractivity contribution in [2.75, 3.05) is 9.80 Å². The standard InChI is InChI=1S/C38H28N2O2/c41-27-29-11-19-35(20-12-29)39(33-7-3-1-4-8-33)37-23-15-31(16-24-37)32-17-25-38(26-18-32)40(34-9-5-2-6-10-34)36-21-13-30(28-42)14-22-36/h1-28H. The van der Waals surface area contributed by atoms with Gasteiger partial charge in [0.25, 0.3) is 0 Å². The van der Waals surface area contributed by atoms with Crippen LogP contribution in [-0.4, -0.2) is 12.6 Å². The third-order valence-electron chi connectivity index (χ3n) is 7.19. The van der Waals surface area contributed by atoms with Crippen molar-refractivity contribution in [1.82, 2.24) is 0 Å². The smallest absolute Gasteiger partial charge is 0.150 e. The van der Waals surface area contributed by atoms with Gasteiger partial charge in [0.15, 0.2) is 0 Å². The summed E-state index contributed by atoms with van der Waals surface area (Å²) in [5.74, 6) is 0. The fourth-order valence-electron chi connectivity index (χ4n) is 5.06. The molecule has 6 aromatic rings. The molecule has 0 aliphatic heterocycles. The zero-order chi connectivity index (χ0) is 28.7. The lowest BCUT2D eigenvalue weighted by atomic mass is 10.0. The van der Waals surface area contributed by atoms with Crippen LogP contribution >= 0.6 is 0 Å². The Morgan fingerprint density at radius 1 is 0.310 bits per heavy atom. The third-order valence-corrected chi connectivity index (χ3v) is 7.19. The molecule has 4 nitrogen and oxygen atoms in total. The molecule has 0 aliphatic rings. The first kappa shape index (κ1) is 26.5. The second-order valence-electron chi connectivity index (χ2n) is 9.85. The monoisotopic (exact) mass is 544 g/mol. The van der Waals surface area contributed by atoms with Crippen LogP contribution < -0.4 is 9.80 Å². The number of para-hydroxylation sites is 2. The number of rotatable bonds is 9. The van der Waals surface area contributed by atoms with Gasteiger partial charge in [0.2, 0.25) is 0 Å². The molecule has 0 atom stereocenters. The quantitative estimate of drug-likeness (QED) is 0.170. The molecule has 0 saturated carbocycles. The number of hydrogen-bond donors (Lipinski definition) is 0. The zero-order valence-electron chi connectivity index (χ0n) is 22.9. The number of nitrogens with zero attached hydrogens (tertiary/aromatic N) is 2. The third kappa shape index (κ3) is 5.60. The first-order valence-electron chi connectivity index (χ1n) is 13.7. The number of carbonyl (C=O) groups excluding carboxylic acids is 2. The Labute approximate surface area is 245 Å². The summed E-state index contributed by atoms with van der Waals surface area (Å²) in [7, 11) is 0. The molecule has 0 aromatic heterocycles. The number of carbonyl (C=O) groups is 2. The molecule has 0 unspecified atom stereocenters. The topological polar surface area (TPSA) is 40.6 Å². The molecule has 42 heavy (non-hydrogen) atoms. The van der Waals surface area contributed by atoms with Crippen molar-refractivity contribution >= 4 is 46.7 Å². The minimum Gasteiger partial charge on any atom is -0.311 e. The average molecular weight is 545 g/mol. The van der Waals surface area contributed by atoms with Gasteiger partial charge in [-0.3, -0.25) is 9.59 Å². The fourth-order valence-corrected chi connectivity index (χ4v) is 5.06. The maximum absolute atomic E-state index is 11.2. The molecular formula is C38H28N2O2. The fraction of sp³-hybridized carbons (Fsp3) is 0. The Morgan fingerprint density at radius 2 is 0.571 bits per heavy atom. The molecule has 0 N–H and O–H groups in total. The summed E-state index contributed by atoms with van der Waals surface area (Å²) in [6, 6.07) is 52.6. The summed E-state index contributed by atoms with van der Waals surface area (Å²) in [5.41, 5.74) is 9.59. The van der Waals surface area contributed by atoms with Gasteiger partial charge in [-0.15, -0.1) is 0 Å². The molecule has 6 aromatic carbocycles. The predicted octanol–water partition coefficient (Wildman–Crippen LogP) is 9.92. The van der Waals surface area contributed by atoms with Gasteiger partial charge >= 0.3 is 0 Å². The molecule has 0 heterocycles. The molecule has 202 valence electrons. The highest BCUT2D eigenvalue weighted by Gasteiger charge is 2.14. The van der Waals surface area contributed by atoms with E-state index >= 15 is 0 Å². The maximum atomic E-state index is 11.2. The minimum atomic E-state index is 0.648. The van der Waals surface area contributed by atoms with Crippen LogP contribution in [0, 0.1) is 0 Å². The Hall–Kier alpha value is -5.74. The molecule has 0 saturated heterocycles. The second-order valence-corrected chi connectivity index (χ2v) is 9.85. The van der Waals surface area contributed by atoms with Crippen LogP contribution in [-0.2, 0) is 0 Å². The van der Waals surface area contributed by atoms with Crippen molar-refractivity contribution in [2.45, 2.75) is 0 Å². The van der Waals surface area contributed by atoms with E-state index in [0.717, 1.165) is 57.8 Å². The number of benzene rings is 6. The molecule has 4 heteroatoms. The Balaban J connectivity index is 1.31. The highest BCUT2D eigenvalue weighted by Crippen LogP contribution is 2.37. The maximum Gasteiger partial charge on any atom is 0.150 e. The molecule has 0 bridgehead atoms. The number of aldehydes is 2. The second kappa shape index (κ2) is 12.2. The Morgan fingerprint density at radius 3 is 0.857 bits per heavy atom. The van der Waals surface area contributed by atoms with E-state index in [9.17, 15) is 9.59 Å². The summed E-state index contributed by atoms with van der Waals surface area (Å²) in [6.45, 7) is 0. The van der Waals surface area contributed by atoms with Crippen molar-refractivity contribution in [3.8, 4) is 11.1 Å². The van der Waals surface area contributed by atoms with Gasteiger partial charge in [0.1, 0.15) is 12.6 Å². The normalized spacial score (nSPS) is 10.6. The lowest BCUT2D eigenvalue weighted by Gasteiger charge is -2.26. The zero-order valence-corrected chi connectivity index (χ0v) is 22.9. The van der Waals surface area contributed by atoms with Gasteiger partial charge in [-0.1, -0.05) is 60.7 Å². The van der Waals surface area contributed by atoms with Crippen molar-refractivity contribution < 1.29 is 9.59 Å². The lowest BCUT2D eigenvalue weighted by molar-refractivity contribution is 0.111. The number of hydrogen-bond acceptors (Lipinski definition) is 4. The Kier molecular flexibility index (Phi) is 7.69. The van der Waals surface area contributed by atoms with Crippen molar-refractivity contribution in [3.63, 3.8) is 0 Å². The van der Waals surface area contributed by atoms with Gasteiger partial charge in [-0.05, 0) is 108 Å². The van der Waals surface area contributed by atoms with Gasteiger partial charge in [0.05, 0.1) is 0 Å². The molecule has 0 amide bonds. The summed E-state index contributed by atoms with van der Waals surface area (Å²) in [5, 5.41) is 0. The first-order valence-corrected chi connectivity index (χ1v) is 13.7. The average Bonchev–Trinajstić information content (AvgIpc) is 3.07. The van der Waals surface area contributed by atoms with Gasteiger partial charge in [-0.25, -0.2) is 0 Å². The van der Waals surface area contributed by atoms with E-state index in [0.29, 0.717) is 11.1 Å². The highest BCUT2D eigenvalue weighted by atomic mass is 16.1. The molecule has 0 aliphatic carbocycles. The van der Waals surface area contributed by atoms with Crippen LogP contribution in [0.25, 0.3) is 11.1 Å². The van der Waals surface area contributed by atoms with E-state index < -0.39 is 0 Å². The van der Waals surface area contributed by atoms with Crippen molar-refractivity contribution in [3.05, 3.63) is 169 Å². The predicted molar refractivity (Wildman–Crippen MR) is 172 cm³/mol. The summed E-state index contributed by atoms with van der Waals surface area (Å²) in [4.78, 5) is 26.7. The van der Waals surface area contributed by atoms with Crippen LogP contribution in [0.15, 0.2) is 158 Å². The summed E-state index contributed by atoms with van der Waals surface area (Å²) < 4.78 is 0. The summed E-state index contributed by atoms with van der Waals surface area (Å²) in [6.07, 6.45) is 1.72. The van der Waals surface area contributed by atoms with Crippen molar-refractivity contribution in [2.24, 2.45) is 0 Å². The van der Waals surface area contributed by atoms with Crippen LogP contribution in [0.3, 0.4) is 0 Å². The van der Waals surface area contributed by atoms with Crippen LogP contribution in [0.5, 0.6) is 0 Å². The van der Waals surface area contributed by atoms with E-state index in [2.05, 4.69) is 82.6 Å². The van der Waals surface area contributed by atoms with E-state index in [1.54, 1.807) is 0 Å². The first-order chi connectivity index (χ1) is 20.7. The molecule has 0 fully saturated rings. The molecule has 0 radical (unpaired) electrons. The van der Waals surface area contributed by atoms with Gasteiger partial charge < -0.3 is 9.80 Å². The van der Waals surface area contributed by atoms with Crippen LogP contribution in [0.1, 0.15) is 20.7 Å². The van der Waals surface area contributed by atoms with Gasteiger partial charge in [0, 0.05) is 45.3 Å².